The summed E-state index contributed by atoms with van der Waals surface area (Å²) < 4.78 is 15.0. The number of aromatic nitrogens is 4. The fraction of sp³-hybridized carbons (Fsp3) is 0.857. The fourth-order valence-electron chi connectivity index (χ4n) is 1.35. The lowest BCUT2D eigenvalue weighted by molar-refractivity contribution is 0.0782. The number of nitrogens with one attached hydrogen (secondary N) is 1. The maximum absolute atomic E-state index is 13.5. The van der Waals surface area contributed by atoms with Crippen molar-refractivity contribution in [1.29, 1.82) is 0 Å². The van der Waals surface area contributed by atoms with E-state index in [9.17, 15) is 4.39 Å². The van der Waals surface area contributed by atoms with Crippen LogP contribution in [0.1, 0.15) is 19.3 Å². The normalized spacial score (nSPS) is 19.5. The molecule has 1 aromatic heterocycles. The number of alkyl halides is 1. The molecule has 0 aliphatic heterocycles. The molecule has 1 saturated carbocycles. The van der Waals surface area contributed by atoms with E-state index in [0.717, 1.165) is 6.42 Å². The SMILES string of the molecule is Cn1nnnc1NCC1(F)CCC1. The van der Waals surface area contributed by atoms with Gasteiger partial charge in [0.05, 0.1) is 6.54 Å². The summed E-state index contributed by atoms with van der Waals surface area (Å²) in [4.78, 5) is 0. The first-order valence-electron chi connectivity index (χ1n) is 4.35. The van der Waals surface area contributed by atoms with Gasteiger partial charge in [0.25, 0.3) is 0 Å². The van der Waals surface area contributed by atoms with E-state index in [1.165, 1.54) is 4.68 Å². The van der Waals surface area contributed by atoms with Gasteiger partial charge in [-0.1, -0.05) is 5.10 Å². The Balaban J connectivity index is 1.89. The van der Waals surface area contributed by atoms with Gasteiger partial charge in [0, 0.05) is 7.05 Å². The van der Waals surface area contributed by atoms with Gasteiger partial charge in [-0.05, 0) is 29.7 Å². The molecule has 6 heteroatoms. The van der Waals surface area contributed by atoms with Crippen molar-refractivity contribution in [1.82, 2.24) is 20.2 Å². The van der Waals surface area contributed by atoms with Crippen LogP contribution >= 0.6 is 0 Å². The maximum atomic E-state index is 13.5. The molecule has 1 aliphatic rings. The van der Waals surface area contributed by atoms with E-state index < -0.39 is 5.67 Å². The smallest absolute Gasteiger partial charge is 0.242 e. The quantitative estimate of drug-likeness (QED) is 0.745. The Labute approximate surface area is 75.3 Å². The highest BCUT2D eigenvalue weighted by atomic mass is 19.1. The van der Waals surface area contributed by atoms with Crippen molar-refractivity contribution < 1.29 is 4.39 Å². The highest BCUT2D eigenvalue weighted by Gasteiger charge is 2.36. The van der Waals surface area contributed by atoms with Crippen LogP contribution in [0, 0.1) is 0 Å². The van der Waals surface area contributed by atoms with E-state index in [0.29, 0.717) is 25.3 Å². The highest BCUT2D eigenvalue weighted by Crippen LogP contribution is 2.35. The zero-order valence-electron chi connectivity index (χ0n) is 7.50. The van der Waals surface area contributed by atoms with Crippen LogP contribution in [0.25, 0.3) is 0 Å². The standard InChI is InChI=1S/C7H12FN5/c1-13-6(10-11-12-13)9-5-7(8)3-2-4-7/h2-5H2,1H3,(H,9,10,12). The zero-order valence-corrected chi connectivity index (χ0v) is 7.50. The lowest BCUT2D eigenvalue weighted by Crippen LogP contribution is -2.39. The molecule has 72 valence electrons. The molecule has 1 heterocycles. The average Bonchev–Trinajstić information content (AvgIpc) is 2.44. The van der Waals surface area contributed by atoms with Crippen LogP contribution < -0.4 is 5.32 Å². The van der Waals surface area contributed by atoms with Crippen molar-refractivity contribution in [3.05, 3.63) is 0 Å². The lowest BCUT2D eigenvalue weighted by Gasteiger charge is -2.33. The number of tetrazole rings is 1. The molecule has 5 nitrogen and oxygen atoms in total. The second-order valence-electron chi connectivity index (χ2n) is 3.48. The highest BCUT2D eigenvalue weighted by molar-refractivity contribution is 5.22. The number of aryl methyl sites for hydroxylation is 1. The third-order valence-electron chi connectivity index (χ3n) is 2.43. The summed E-state index contributed by atoms with van der Waals surface area (Å²) in [5.41, 5.74) is -1.04. The van der Waals surface area contributed by atoms with Crippen LogP contribution in [0.15, 0.2) is 0 Å². The molecule has 0 atom stereocenters. The first-order valence-corrected chi connectivity index (χ1v) is 4.35. The molecule has 0 bridgehead atoms. The molecular weight excluding hydrogens is 173 g/mol. The topological polar surface area (TPSA) is 55.6 Å². The van der Waals surface area contributed by atoms with E-state index in [2.05, 4.69) is 20.8 Å². The summed E-state index contributed by atoms with van der Waals surface area (Å²) in [6.45, 7) is 0.307. The molecule has 0 aromatic carbocycles. The Morgan fingerprint density at radius 1 is 1.62 bits per heavy atom. The molecular formula is C7H12FN5. The van der Waals surface area contributed by atoms with Crippen LogP contribution in [0.2, 0.25) is 0 Å². The van der Waals surface area contributed by atoms with Crippen LogP contribution in [0.3, 0.4) is 0 Å². The maximum Gasteiger partial charge on any atom is 0.242 e. The predicted octanol–water partition coefficient (Wildman–Crippen LogP) is 0.514. The van der Waals surface area contributed by atoms with E-state index in [4.69, 9.17) is 0 Å². The van der Waals surface area contributed by atoms with Crippen molar-refractivity contribution >= 4 is 5.95 Å². The summed E-state index contributed by atoms with van der Waals surface area (Å²) in [6.07, 6.45) is 2.27. The number of nitrogens with zero attached hydrogens (tertiary/aromatic N) is 4. The van der Waals surface area contributed by atoms with E-state index in [-0.39, 0.29) is 0 Å². The Hall–Kier alpha value is -1.20. The van der Waals surface area contributed by atoms with Crippen LogP contribution in [-0.2, 0) is 7.05 Å². The molecule has 0 radical (unpaired) electrons. The van der Waals surface area contributed by atoms with Gasteiger partial charge in [-0.25, -0.2) is 9.07 Å². The van der Waals surface area contributed by atoms with Crippen molar-refractivity contribution in [3.63, 3.8) is 0 Å². The molecule has 13 heavy (non-hydrogen) atoms. The van der Waals surface area contributed by atoms with E-state index in [1.807, 2.05) is 0 Å². The molecule has 1 aliphatic carbocycles. The van der Waals surface area contributed by atoms with Gasteiger partial charge < -0.3 is 5.32 Å². The van der Waals surface area contributed by atoms with Gasteiger partial charge >= 0.3 is 0 Å². The molecule has 2 rings (SSSR count). The van der Waals surface area contributed by atoms with Gasteiger partial charge in [0.2, 0.25) is 5.95 Å². The van der Waals surface area contributed by atoms with Crippen LogP contribution in [-0.4, -0.2) is 32.4 Å². The fourth-order valence-corrected chi connectivity index (χ4v) is 1.35. The number of hydrogen-bond acceptors (Lipinski definition) is 4. The molecule has 1 N–H and O–H groups in total. The van der Waals surface area contributed by atoms with E-state index in [1.54, 1.807) is 7.05 Å². The minimum atomic E-state index is -1.04. The van der Waals surface area contributed by atoms with Crippen molar-refractivity contribution in [2.24, 2.45) is 7.05 Å². The number of rotatable bonds is 3. The average molecular weight is 185 g/mol. The number of anilines is 1. The second kappa shape index (κ2) is 2.93. The number of halogens is 1. The molecule has 1 aromatic rings. The molecule has 0 saturated heterocycles. The predicted molar refractivity (Wildman–Crippen MR) is 45.0 cm³/mol. The van der Waals surface area contributed by atoms with Crippen LogP contribution in [0.5, 0.6) is 0 Å². The Morgan fingerprint density at radius 3 is 2.85 bits per heavy atom. The third kappa shape index (κ3) is 1.61. The molecule has 0 spiro atoms. The summed E-state index contributed by atoms with van der Waals surface area (Å²) in [5, 5.41) is 13.7. The summed E-state index contributed by atoms with van der Waals surface area (Å²) >= 11 is 0. The van der Waals surface area contributed by atoms with Crippen LogP contribution in [0.4, 0.5) is 10.3 Å². The Bertz CT molecular complexity index is 293. The summed E-state index contributed by atoms with van der Waals surface area (Å²) in [7, 11) is 1.72. The Kier molecular flexibility index (Phi) is 1.90. The number of hydrogen-bond donors (Lipinski definition) is 1. The molecule has 1 fully saturated rings. The largest absolute Gasteiger partial charge is 0.350 e. The van der Waals surface area contributed by atoms with Gasteiger partial charge in [-0.3, -0.25) is 0 Å². The monoisotopic (exact) mass is 185 g/mol. The van der Waals surface area contributed by atoms with Gasteiger partial charge in [0.15, 0.2) is 0 Å². The summed E-state index contributed by atoms with van der Waals surface area (Å²) in [6, 6.07) is 0. The zero-order chi connectivity index (χ0) is 9.31. The van der Waals surface area contributed by atoms with Crippen molar-refractivity contribution in [3.8, 4) is 0 Å². The van der Waals surface area contributed by atoms with Crippen molar-refractivity contribution in [2.75, 3.05) is 11.9 Å². The van der Waals surface area contributed by atoms with Crippen molar-refractivity contribution in [2.45, 2.75) is 24.9 Å². The minimum Gasteiger partial charge on any atom is -0.350 e. The third-order valence-corrected chi connectivity index (χ3v) is 2.43. The summed E-state index contributed by atoms with van der Waals surface area (Å²) in [5.74, 6) is 0.518. The van der Waals surface area contributed by atoms with Gasteiger partial charge in [0.1, 0.15) is 5.67 Å². The first-order chi connectivity index (χ1) is 6.20. The second-order valence-corrected chi connectivity index (χ2v) is 3.48. The molecule has 0 amide bonds. The molecule has 0 unspecified atom stereocenters. The van der Waals surface area contributed by atoms with Gasteiger partial charge in [-0.15, -0.1) is 0 Å². The lowest BCUT2D eigenvalue weighted by atomic mass is 9.82. The minimum absolute atomic E-state index is 0.307. The van der Waals surface area contributed by atoms with Gasteiger partial charge in [-0.2, -0.15) is 0 Å². The Morgan fingerprint density at radius 2 is 2.38 bits per heavy atom. The van der Waals surface area contributed by atoms with E-state index >= 15 is 0 Å². The first kappa shape index (κ1) is 8.40.